The highest BCUT2D eigenvalue weighted by molar-refractivity contribution is 5.75. The zero-order valence-corrected chi connectivity index (χ0v) is 14.7. The zero-order valence-electron chi connectivity index (χ0n) is 14.7. The normalized spacial score (nSPS) is 23.4. The molecule has 24 heavy (non-hydrogen) atoms. The van der Waals surface area contributed by atoms with Crippen molar-refractivity contribution in [1.29, 1.82) is 0 Å². The number of piperidine rings is 1. The minimum Gasteiger partial charge on any atom is -0.338 e. The molecule has 0 aromatic carbocycles. The maximum absolute atomic E-state index is 12.1. The van der Waals surface area contributed by atoms with E-state index in [1.807, 2.05) is 4.90 Å². The van der Waals surface area contributed by atoms with Gasteiger partial charge in [-0.15, -0.1) is 0 Å². The van der Waals surface area contributed by atoms with Gasteiger partial charge < -0.3 is 20.9 Å². The van der Waals surface area contributed by atoms with Gasteiger partial charge in [0.25, 0.3) is 0 Å². The lowest BCUT2D eigenvalue weighted by Gasteiger charge is -2.34. The van der Waals surface area contributed by atoms with E-state index in [1.54, 1.807) is 0 Å². The van der Waals surface area contributed by atoms with Crippen LogP contribution in [0.4, 0.5) is 9.59 Å². The highest BCUT2D eigenvalue weighted by atomic mass is 16.2. The Labute approximate surface area is 145 Å². The van der Waals surface area contributed by atoms with E-state index in [-0.39, 0.29) is 18.1 Å². The average Bonchev–Trinajstić information content (AvgIpc) is 2.55. The van der Waals surface area contributed by atoms with Gasteiger partial charge in [0, 0.05) is 31.7 Å². The summed E-state index contributed by atoms with van der Waals surface area (Å²) < 4.78 is 0. The summed E-state index contributed by atoms with van der Waals surface area (Å²) in [5.74, 6) is 0.691. The van der Waals surface area contributed by atoms with Crippen molar-refractivity contribution < 1.29 is 9.59 Å². The van der Waals surface area contributed by atoms with E-state index in [4.69, 9.17) is 0 Å². The fourth-order valence-electron chi connectivity index (χ4n) is 3.93. The SMILES string of the molecule is O=C(NC1CCCCC1)NC1CCN(C(=O)NCC2CCC2)CC1. The molecule has 1 saturated heterocycles. The molecule has 0 spiro atoms. The van der Waals surface area contributed by atoms with Crippen LogP contribution in [0.1, 0.15) is 64.2 Å². The molecule has 0 aromatic rings. The van der Waals surface area contributed by atoms with Gasteiger partial charge in [-0.25, -0.2) is 9.59 Å². The quantitative estimate of drug-likeness (QED) is 0.738. The van der Waals surface area contributed by atoms with Crippen molar-refractivity contribution in [3.63, 3.8) is 0 Å². The van der Waals surface area contributed by atoms with Gasteiger partial charge in [-0.05, 0) is 44.4 Å². The molecule has 3 aliphatic rings. The summed E-state index contributed by atoms with van der Waals surface area (Å²) in [7, 11) is 0. The van der Waals surface area contributed by atoms with Crippen molar-refractivity contribution in [2.45, 2.75) is 76.3 Å². The topological polar surface area (TPSA) is 73.5 Å². The number of likely N-dealkylation sites (tertiary alicyclic amines) is 1. The number of nitrogens with one attached hydrogen (secondary N) is 3. The third-order valence-corrected chi connectivity index (χ3v) is 5.82. The molecular formula is C18H32N4O2. The van der Waals surface area contributed by atoms with Crippen molar-refractivity contribution in [1.82, 2.24) is 20.9 Å². The van der Waals surface area contributed by atoms with Crippen molar-refractivity contribution in [2.75, 3.05) is 19.6 Å². The summed E-state index contributed by atoms with van der Waals surface area (Å²) in [4.78, 5) is 26.1. The Bertz CT molecular complexity index is 425. The lowest BCUT2D eigenvalue weighted by Crippen LogP contribution is -2.52. The second-order valence-electron chi connectivity index (χ2n) is 7.70. The third-order valence-electron chi connectivity index (χ3n) is 5.82. The molecule has 1 heterocycles. The van der Waals surface area contributed by atoms with Gasteiger partial charge in [0.1, 0.15) is 0 Å². The number of nitrogens with zero attached hydrogens (tertiary/aromatic N) is 1. The summed E-state index contributed by atoms with van der Waals surface area (Å²) in [6.07, 6.45) is 11.4. The molecule has 3 rings (SSSR count). The second-order valence-corrected chi connectivity index (χ2v) is 7.70. The number of carbonyl (C=O) groups excluding carboxylic acids is 2. The molecule has 136 valence electrons. The number of carbonyl (C=O) groups is 2. The highest BCUT2D eigenvalue weighted by Gasteiger charge is 2.25. The molecule has 0 bridgehead atoms. The van der Waals surface area contributed by atoms with Gasteiger partial charge in [0.2, 0.25) is 0 Å². The number of hydrogen-bond donors (Lipinski definition) is 3. The average molecular weight is 336 g/mol. The van der Waals surface area contributed by atoms with E-state index in [1.165, 1.54) is 38.5 Å². The summed E-state index contributed by atoms with van der Waals surface area (Å²) in [6, 6.07) is 0.558. The van der Waals surface area contributed by atoms with E-state index in [2.05, 4.69) is 16.0 Å². The largest absolute Gasteiger partial charge is 0.338 e. The molecule has 0 atom stereocenters. The summed E-state index contributed by atoms with van der Waals surface area (Å²) in [5, 5.41) is 9.24. The zero-order chi connectivity index (χ0) is 16.8. The molecule has 3 fully saturated rings. The van der Waals surface area contributed by atoms with Gasteiger partial charge >= 0.3 is 12.1 Å². The highest BCUT2D eigenvalue weighted by Crippen LogP contribution is 2.25. The van der Waals surface area contributed by atoms with Crippen molar-refractivity contribution in [3.05, 3.63) is 0 Å². The van der Waals surface area contributed by atoms with Crippen LogP contribution in [0.3, 0.4) is 0 Å². The van der Waals surface area contributed by atoms with Crippen LogP contribution in [0.5, 0.6) is 0 Å². The van der Waals surface area contributed by atoms with Crippen LogP contribution in [0.25, 0.3) is 0 Å². The summed E-state index contributed by atoms with van der Waals surface area (Å²) in [5.41, 5.74) is 0. The Morgan fingerprint density at radius 3 is 2.00 bits per heavy atom. The third kappa shape index (κ3) is 5.02. The first kappa shape index (κ1) is 17.4. The van der Waals surface area contributed by atoms with Gasteiger partial charge in [-0.3, -0.25) is 0 Å². The van der Waals surface area contributed by atoms with E-state index in [9.17, 15) is 9.59 Å². The Balaban J connectivity index is 1.30. The molecule has 1 aliphatic heterocycles. The van der Waals surface area contributed by atoms with Gasteiger partial charge in [-0.2, -0.15) is 0 Å². The molecule has 0 unspecified atom stereocenters. The lowest BCUT2D eigenvalue weighted by atomic mass is 9.85. The van der Waals surface area contributed by atoms with Gasteiger partial charge in [0.15, 0.2) is 0 Å². The number of hydrogen-bond acceptors (Lipinski definition) is 2. The predicted molar refractivity (Wildman–Crippen MR) is 93.9 cm³/mol. The van der Waals surface area contributed by atoms with E-state index in [0.29, 0.717) is 12.0 Å². The van der Waals surface area contributed by atoms with Crippen LogP contribution in [0.2, 0.25) is 0 Å². The van der Waals surface area contributed by atoms with Crippen LogP contribution in [-0.4, -0.2) is 48.7 Å². The van der Waals surface area contributed by atoms with Crippen LogP contribution < -0.4 is 16.0 Å². The van der Waals surface area contributed by atoms with Crippen molar-refractivity contribution in [3.8, 4) is 0 Å². The first-order valence-corrected chi connectivity index (χ1v) is 9.80. The van der Waals surface area contributed by atoms with Crippen LogP contribution in [-0.2, 0) is 0 Å². The van der Waals surface area contributed by atoms with E-state index in [0.717, 1.165) is 45.3 Å². The Morgan fingerprint density at radius 1 is 0.792 bits per heavy atom. The minimum absolute atomic E-state index is 0.0326. The van der Waals surface area contributed by atoms with Crippen LogP contribution >= 0.6 is 0 Å². The van der Waals surface area contributed by atoms with E-state index < -0.39 is 0 Å². The smallest absolute Gasteiger partial charge is 0.317 e. The number of urea groups is 2. The van der Waals surface area contributed by atoms with Crippen LogP contribution in [0.15, 0.2) is 0 Å². The fourth-order valence-corrected chi connectivity index (χ4v) is 3.93. The minimum atomic E-state index is -0.0326. The number of rotatable bonds is 4. The second kappa shape index (κ2) is 8.58. The first-order valence-electron chi connectivity index (χ1n) is 9.80. The predicted octanol–water partition coefficient (Wildman–Crippen LogP) is 2.59. The molecule has 0 radical (unpaired) electrons. The molecule has 2 saturated carbocycles. The monoisotopic (exact) mass is 336 g/mol. The molecule has 2 aliphatic carbocycles. The molecule has 6 nitrogen and oxygen atoms in total. The molecular weight excluding hydrogens is 304 g/mol. The van der Waals surface area contributed by atoms with Crippen LogP contribution in [0, 0.1) is 5.92 Å². The molecule has 0 aromatic heterocycles. The number of amides is 4. The van der Waals surface area contributed by atoms with Gasteiger partial charge in [0.05, 0.1) is 0 Å². The van der Waals surface area contributed by atoms with Crippen molar-refractivity contribution >= 4 is 12.1 Å². The summed E-state index contributed by atoms with van der Waals surface area (Å²) in [6.45, 7) is 2.27. The Kier molecular flexibility index (Phi) is 6.21. The summed E-state index contributed by atoms with van der Waals surface area (Å²) >= 11 is 0. The Hall–Kier alpha value is -1.46. The standard InChI is InChI=1S/C18H32N4O2/c23-17(20-15-7-2-1-3-8-15)21-16-9-11-22(12-10-16)18(24)19-13-14-5-4-6-14/h14-16H,1-13H2,(H,19,24)(H2,20,21,23). The maximum Gasteiger partial charge on any atom is 0.317 e. The first-order chi connectivity index (χ1) is 11.7. The lowest BCUT2D eigenvalue weighted by molar-refractivity contribution is 0.171. The molecule has 6 heteroatoms. The van der Waals surface area contributed by atoms with Crippen molar-refractivity contribution in [2.24, 2.45) is 5.92 Å². The molecule has 4 amide bonds. The Morgan fingerprint density at radius 2 is 1.42 bits per heavy atom. The fraction of sp³-hybridized carbons (Fsp3) is 0.889. The van der Waals surface area contributed by atoms with E-state index >= 15 is 0 Å². The van der Waals surface area contributed by atoms with Gasteiger partial charge in [-0.1, -0.05) is 25.7 Å². The maximum atomic E-state index is 12.1. The molecule has 3 N–H and O–H groups in total.